The third-order valence-electron chi connectivity index (χ3n) is 5.56. The highest BCUT2D eigenvalue weighted by atomic mass is 16.1. The number of carbonyl (C=O) groups excluding carboxylic acids is 1. The standard InChI is InChI=1S/C21H25N5O/c1-14-19-12-17(13-22-20(19)25-24-14)21(27)23-18-8-10-26(11-9-18)15(2)16-6-4-3-5-7-16/h3-7,12-13,15,18H,8-11H2,1-2H3,(H,23,27)(H,22,24,25)/t15-/m0/s1. The topological polar surface area (TPSA) is 73.9 Å². The summed E-state index contributed by atoms with van der Waals surface area (Å²) in [6, 6.07) is 13.1. The van der Waals surface area contributed by atoms with Crippen LogP contribution in [0.25, 0.3) is 11.0 Å². The van der Waals surface area contributed by atoms with Gasteiger partial charge in [-0.15, -0.1) is 0 Å². The first-order valence-corrected chi connectivity index (χ1v) is 9.52. The number of fused-ring (bicyclic) bond motifs is 1. The van der Waals surface area contributed by atoms with E-state index in [-0.39, 0.29) is 11.9 Å². The number of pyridine rings is 1. The normalized spacial score (nSPS) is 17.1. The van der Waals surface area contributed by atoms with Gasteiger partial charge in [-0.25, -0.2) is 4.98 Å². The maximum Gasteiger partial charge on any atom is 0.253 e. The summed E-state index contributed by atoms with van der Waals surface area (Å²) in [5.74, 6) is -0.0560. The third kappa shape index (κ3) is 3.71. The molecule has 0 aliphatic carbocycles. The van der Waals surface area contributed by atoms with Gasteiger partial charge >= 0.3 is 0 Å². The Morgan fingerprint density at radius 1 is 1.26 bits per heavy atom. The van der Waals surface area contributed by atoms with Crippen LogP contribution in [-0.2, 0) is 0 Å². The number of rotatable bonds is 4. The summed E-state index contributed by atoms with van der Waals surface area (Å²) in [5, 5.41) is 11.1. The summed E-state index contributed by atoms with van der Waals surface area (Å²) in [5.41, 5.74) is 3.50. The van der Waals surface area contributed by atoms with Crippen LogP contribution in [0.2, 0.25) is 0 Å². The average Bonchev–Trinajstić information content (AvgIpc) is 3.09. The van der Waals surface area contributed by atoms with Gasteiger partial charge in [0.25, 0.3) is 5.91 Å². The van der Waals surface area contributed by atoms with E-state index in [2.05, 4.69) is 62.7 Å². The molecule has 0 radical (unpaired) electrons. The van der Waals surface area contributed by atoms with Gasteiger partial charge in [0, 0.05) is 42.5 Å². The van der Waals surface area contributed by atoms with Crippen molar-refractivity contribution in [1.82, 2.24) is 25.4 Å². The summed E-state index contributed by atoms with van der Waals surface area (Å²) in [6.45, 7) is 6.16. The van der Waals surface area contributed by atoms with Gasteiger partial charge in [-0.2, -0.15) is 5.10 Å². The zero-order chi connectivity index (χ0) is 18.8. The van der Waals surface area contributed by atoms with E-state index in [9.17, 15) is 4.79 Å². The fraction of sp³-hybridized carbons (Fsp3) is 0.381. The molecule has 1 atom stereocenters. The molecule has 0 bridgehead atoms. The molecule has 27 heavy (non-hydrogen) atoms. The Bertz CT molecular complexity index is 928. The largest absolute Gasteiger partial charge is 0.349 e. The summed E-state index contributed by atoms with van der Waals surface area (Å²) < 4.78 is 0. The third-order valence-corrected chi connectivity index (χ3v) is 5.56. The maximum absolute atomic E-state index is 12.6. The molecule has 3 aromatic rings. The lowest BCUT2D eigenvalue weighted by Gasteiger charge is -2.36. The van der Waals surface area contributed by atoms with E-state index < -0.39 is 0 Å². The van der Waals surface area contributed by atoms with Crippen molar-refractivity contribution in [2.45, 2.75) is 38.8 Å². The number of amides is 1. The average molecular weight is 363 g/mol. The maximum atomic E-state index is 12.6. The summed E-state index contributed by atoms with van der Waals surface area (Å²) in [7, 11) is 0. The number of aromatic amines is 1. The fourth-order valence-electron chi connectivity index (χ4n) is 3.79. The van der Waals surface area contributed by atoms with Crippen LogP contribution in [0.3, 0.4) is 0 Å². The molecule has 2 aromatic heterocycles. The molecule has 1 saturated heterocycles. The summed E-state index contributed by atoms with van der Waals surface area (Å²) in [4.78, 5) is 19.4. The number of aromatic nitrogens is 3. The Kier molecular flexibility index (Phi) is 4.90. The van der Waals surface area contributed by atoms with Gasteiger partial charge in [-0.1, -0.05) is 30.3 Å². The molecule has 0 saturated carbocycles. The molecular weight excluding hydrogens is 338 g/mol. The lowest BCUT2D eigenvalue weighted by molar-refractivity contribution is 0.0896. The van der Waals surface area contributed by atoms with E-state index >= 15 is 0 Å². The molecule has 140 valence electrons. The van der Waals surface area contributed by atoms with Gasteiger partial charge in [0.05, 0.1) is 5.56 Å². The Morgan fingerprint density at radius 2 is 2.00 bits per heavy atom. The molecule has 6 heteroatoms. The smallest absolute Gasteiger partial charge is 0.253 e. The zero-order valence-electron chi connectivity index (χ0n) is 15.8. The van der Waals surface area contributed by atoms with Crippen LogP contribution in [0.5, 0.6) is 0 Å². The van der Waals surface area contributed by atoms with Crippen molar-refractivity contribution < 1.29 is 4.79 Å². The van der Waals surface area contributed by atoms with E-state index in [1.807, 2.05) is 13.0 Å². The van der Waals surface area contributed by atoms with Crippen molar-refractivity contribution in [3.8, 4) is 0 Å². The Labute approximate surface area is 159 Å². The number of aryl methyl sites for hydroxylation is 1. The number of nitrogens with zero attached hydrogens (tertiary/aromatic N) is 3. The van der Waals surface area contributed by atoms with Crippen molar-refractivity contribution in [3.63, 3.8) is 0 Å². The van der Waals surface area contributed by atoms with Crippen molar-refractivity contribution >= 4 is 16.9 Å². The Balaban J connectivity index is 1.35. The summed E-state index contributed by atoms with van der Waals surface area (Å²) >= 11 is 0. The quantitative estimate of drug-likeness (QED) is 0.746. The minimum Gasteiger partial charge on any atom is -0.349 e. The molecule has 1 aromatic carbocycles. The van der Waals surface area contributed by atoms with Crippen LogP contribution in [0.4, 0.5) is 0 Å². The minimum atomic E-state index is -0.0560. The fourth-order valence-corrected chi connectivity index (χ4v) is 3.79. The Hall–Kier alpha value is -2.73. The molecule has 6 nitrogen and oxygen atoms in total. The first-order valence-electron chi connectivity index (χ1n) is 9.52. The molecule has 2 N–H and O–H groups in total. The van der Waals surface area contributed by atoms with Crippen molar-refractivity contribution in [1.29, 1.82) is 0 Å². The lowest BCUT2D eigenvalue weighted by atomic mass is 10.00. The molecule has 4 rings (SSSR count). The number of nitrogens with one attached hydrogen (secondary N) is 2. The van der Waals surface area contributed by atoms with Gasteiger partial charge in [-0.05, 0) is 38.3 Å². The van der Waals surface area contributed by atoms with Crippen LogP contribution in [0.1, 0.15) is 47.4 Å². The number of hydrogen-bond acceptors (Lipinski definition) is 4. The first kappa shape index (κ1) is 17.7. The highest BCUT2D eigenvalue weighted by Gasteiger charge is 2.25. The monoisotopic (exact) mass is 363 g/mol. The Morgan fingerprint density at radius 3 is 2.74 bits per heavy atom. The number of piperidine rings is 1. The van der Waals surface area contributed by atoms with E-state index in [0.29, 0.717) is 17.3 Å². The van der Waals surface area contributed by atoms with Crippen molar-refractivity contribution in [3.05, 3.63) is 59.4 Å². The molecule has 3 heterocycles. The molecule has 1 aliphatic rings. The molecule has 1 amide bonds. The van der Waals surface area contributed by atoms with Gasteiger partial charge < -0.3 is 5.32 Å². The minimum absolute atomic E-state index is 0.0560. The van der Waals surface area contributed by atoms with Crippen LogP contribution >= 0.6 is 0 Å². The van der Waals surface area contributed by atoms with Gasteiger partial charge in [0.2, 0.25) is 0 Å². The SMILES string of the molecule is Cc1[nH]nc2ncc(C(=O)NC3CCN([C@@H](C)c4ccccc4)CC3)cc12. The van der Waals surface area contributed by atoms with Crippen LogP contribution < -0.4 is 5.32 Å². The van der Waals surface area contributed by atoms with Gasteiger partial charge in [0.15, 0.2) is 5.65 Å². The molecule has 1 aliphatic heterocycles. The molecular formula is C21H25N5O. The van der Waals surface area contributed by atoms with Crippen LogP contribution in [0.15, 0.2) is 42.6 Å². The van der Waals surface area contributed by atoms with Gasteiger partial charge in [-0.3, -0.25) is 14.8 Å². The second-order valence-corrected chi connectivity index (χ2v) is 7.31. The number of H-pyrrole nitrogens is 1. The zero-order valence-corrected chi connectivity index (χ0v) is 15.8. The first-order chi connectivity index (χ1) is 13.1. The van der Waals surface area contributed by atoms with E-state index in [1.165, 1.54) is 5.56 Å². The lowest BCUT2D eigenvalue weighted by Crippen LogP contribution is -2.45. The van der Waals surface area contributed by atoms with Crippen molar-refractivity contribution in [2.75, 3.05) is 13.1 Å². The van der Waals surface area contributed by atoms with Crippen molar-refractivity contribution in [2.24, 2.45) is 0 Å². The molecule has 1 fully saturated rings. The van der Waals surface area contributed by atoms with E-state index in [0.717, 1.165) is 37.0 Å². The number of carbonyl (C=O) groups is 1. The van der Waals surface area contributed by atoms with Gasteiger partial charge in [0.1, 0.15) is 0 Å². The predicted molar refractivity (Wildman–Crippen MR) is 106 cm³/mol. The molecule has 0 spiro atoms. The predicted octanol–water partition coefficient (Wildman–Crippen LogP) is 3.22. The highest BCUT2D eigenvalue weighted by Crippen LogP contribution is 2.24. The summed E-state index contributed by atoms with van der Waals surface area (Å²) in [6.07, 6.45) is 3.53. The second-order valence-electron chi connectivity index (χ2n) is 7.31. The number of hydrogen-bond donors (Lipinski definition) is 2. The van der Waals surface area contributed by atoms with E-state index in [1.54, 1.807) is 6.20 Å². The second kappa shape index (κ2) is 7.48. The van der Waals surface area contributed by atoms with Crippen LogP contribution in [-0.4, -0.2) is 45.1 Å². The van der Waals surface area contributed by atoms with Crippen LogP contribution in [0, 0.1) is 6.92 Å². The number of likely N-dealkylation sites (tertiary alicyclic amines) is 1. The number of benzene rings is 1. The molecule has 0 unspecified atom stereocenters. The van der Waals surface area contributed by atoms with E-state index in [4.69, 9.17) is 0 Å². The highest BCUT2D eigenvalue weighted by molar-refractivity contribution is 5.97.